The Bertz CT molecular complexity index is 754. The Balaban J connectivity index is 1.39. The third kappa shape index (κ3) is 5.97. The number of aryl methyl sites for hydroxylation is 1. The summed E-state index contributed by atoms with van der Waals surface area (Å²) in [5, 5.41) is 13.0. The molecule has 2 aromatic carbocycles. The second-order valence-electron chi connectivity index (χ2n) is 7.29. The number of carbonyl (C=O) groups excluding carboxylic acids is 1. The van der Waals surface area contributed by atoms with Gasteiger partial charge in [0.1, 0.15) is 18.5 Å². The maximum absolute atomic E-state index is 11.0. The number of rotatable bonds is 7. The first-order valence-electron chi connectivity index (χ1n) is 9.72. The van der Waals surface area contributed by atoms with Crippen molar-refractivity contribution >= 4 is 17.3 Å². The zero-order chi connectivity index (χ0) is 19.9. The Morgan fingerprint density at radius 3 is 2.32 bits per heavy atom. The number of hydrogen-bond acceptors (Lipinski definition) is 5. The van der Waals surface area contributed by atoms with Gasteiger partial charge in [-0.15, -0.1) is 0 Å². The largest absolute Gasteiger partial charge is 0.491 e. The van der Waals surface area contributed by atoms with Crippen molar-refractivity contribution in [1.29, 1.82) is 0 Å². The number of piperazine rings is 1. The van der Waals surface area contributed by atoms with E-state index in [1.54, 1.807) is 24.3 Å². The summed E-state index contributed by atoms with van der Waals surface area (Å²) in [6.45, 7) is 8.20. The van der Waals surface area contributed by atoms with Gasteiger partial charge in [-0.25, -0.2) is 0 Å². The van der Waals surface area contributed by atoms with Gasteiger partial charge in [-0.2, -0.15) is 0 Å². The molecular formula is C22H29N3O3. The summed E-state index contributed by atoms with van der Waals surface area (Å²) in [4.78, 5) is 15.7. The molecule has 6 heteroatoms. The van der Waals surface area contributed by atoms with Gasteiger partial charge >= 0.3 is 0 Å². The van der Waals surface area contributed by atoms with E-state index in [2.05, 4.69) is 46.3 Å². The van der Waals surface area contributed by atoms with Crippen LogP contribution in [0.1, 0.15) is 12.5 Å². The summed E-state index contributed by atoms with van der Waals surface area (Å²) in [6.07, 6.45) is -0.541. The number of hydrogen-bond donors (Lipinski definition) is 2. The Morgan fingerprint density at radius 1 is 1.07 bits per heavy atom. The Hall–Kier alpha value is -2.57. The molecule has 1 fully saturated rings. The maximum Gasteiger partial charge on any atom is 0.221 e. The molecule has 0 radical (unpaired) electrons. The summed E-state index contributed by atoms with van der Waals surface area (Å²) < 4.78 is 5.67. The van der Waals surface area contributed by atoms with E-state index < -0.39 is 6.10 Å². The zero-order valence-electron chi connectivity index (χ0n) is 16.6. The average Bonchev–Trinajstić information content (AvgIpc) is 2.68. The maximum atomic E-state index is 11.0. The molecule has 1 amide bonds. The molecule has 6 nitrogen and oxygen atoms in total. The highest BCUT2D eigenvalue weighted by Crippen LogP contribution is 2.18. The molecule has 1 heterocycles. The van der Waals surface area contributed by atoms with Crippen molar-refractivity contribution in [2.24, 2.45) is 0 Å². The van der Waals surface area contributed by atoms with Crippen LogP contribution in [0, 0.1) is 6.92 Å². The lowest BCUT2D eigenvalue weighted by Gasteiger charge is -2.36. The molecule has 0 saturated carbocycles. The minimum absolute atomic E-state index is 0.105. The molecule has 28 heavy (non-hydrogen) atoms. The molecule has 0 aliphatic carbocycles. The van der Waals surface area contributed by atoms with E-state index >= 15 is 0 Å². The van der Waals surface area contributed by atoms with Crippen molar-refractivity contribution in [2.45, 2.75) is 20.0 Å². The fourth-order valence-corrected chi connectivity index (χ4v) is 3.33. The number of amides is 1. The number of nitrogens with zero attached hydrogens (tertiary/aromatic N) is 2. The number of aliphatic hydroxyl groups is 1. The first-order valence-corrected chi connectivity index (χ1v) is 9.72. The number of ether oxygens (including phenoxy) is 1. The van der Waals surface area contributed by atoms with Crippen LogP contribution in [0.2, 0.25) is 0 Å². The third-order valence-electron chi connectivity index (χ3n) is 4.86. The zero-order valence-corrected chi connectivity index (χ0v) is 16.6. The van der Waals surface area contributed by atoms with E-state index in [1.807, 2.05) is 0 Å². The molecular weight excluding hydrogens is 354 g/mol. The minimum atomic E-state index is -0.541. The predicted molar refractivity (Wildman–Crippen MR) is 112 cm³/mol. The van der Waals surface area contributed by atoms with Crippen LogP contribution in [0.25, 0.3) is 0 Å². The number of carbonyl (C=O) groups is 1. The van der Waals surface area contributed by atoms with Crippen molar-refractivity contribution in [2.75, 3.05) is 49.5 Å². The molecule has 1 aliphatic heterocycles. The summed E-state index contributed by atoms with van der Waals surface area (Å²) in [7, 11) is 0. The highest BCUT2D eigenvalue weighted by atomic mass is 16.5. The van der Waals surface area contributed by atoms with Gasteiger partial charge in [-0.1, -0.05) is 17.7 Å². The smallest absolute Gasteiger partial charge is 0.221 e. The number of β-amino-alcohol motifs (C(OH)–C–C–N with tert-alkyl or cyclic N) is 1. The van der Waals surface area contributed by atoms with Gasteiger partial charge in [-0.05, 0) is 43.3 Å². The summed E-state index contributed by atoms with van der Waals surface area (Å²) in [5.74, 6) is 0.573. The van der Waals surface area contributed by atoms with E-state index in [0.29, 0.717) is 12.3 Å². The average molecular weight is 383 g/mol. The Morgan fingerprint density at radius 2 is 1.71 bits per heavy atom. The first kappa shape index (κ1) is 20.2. The number of aliphatic hydroxyl groups excluding tert-OH is 1. The van der Waals surface area contributed by atoms with E-state index in [1.165, 1.54) is 18.2 Å². The molecule has 0 aromatic heterocycles. The normalized spacial score (nSPS) is 15.9. The number of nitrogens with one attached hydrogen (secondary N) is 1. The van der Waals surface area contributed by atoms with Crippen LogP contribution in [0.15, 0.2) is 48.5 Å². The van der Waals surface area contributed by atoms with E-state index in [0.717, 1.165) is 31.9 Å². The molecule has 0 unspecified atom stereocenters. The Labute approximate surface area is 166 Å². The molecule has 1 atom stereocenters. The topological polar surface area (TPSA) is 65.0 Å². The lowest BCUT2D eigenvalue weighted by molar-refractivity contribution is -0.114. The lowest BCUT2D eigenvalue weighted by atomic mass is 10.2. The predicted octanol–water partition coefficient (Wildman–Crippen LogP) is 2.52. The highest BCUT2D eigenvalue weighted by molar-refractivity contribution is 5.88. The van der Waals surface area contributed by atoms with Crippen LogP contribution in [0.5, 0.6) is 5.75 Å². The van der Waals surface area contributed by atoms with Crippen LogP contribution < -0.4 is 15.0 Å². The molecule has 2 aromatic rings. The van der Waals surface area contributed by atoms with Gasteiger partial charge in [0.15, 0.2) is 0 Å². The molecule has 1 aliphatic rings. The summed E-state index contributed by atoms with van der Waals surface area (Å²) in [5.41, 5.74) is 3.26. The van der Waals surface area contributed by atoms with Crippen molar-refractivity contribution in [3.63, 3.8) is 0 Å². The van der Waals surface area contributed by atoms with Crippen LogP contribution >= 0.6 is 0 Å². The third-order valence-corrected chi connectivity index (χ3v) is 4.86. The number of benzene rings is 2. The second kappa shape index (κ2) is 9.57. The molecule has 3 rings (SSSR count). The fourth-order valence-electron chi connectivity index (χ4n) is 3.33. The van der Waals surface area contributed by atoms with E-state index in [4.69, 9.17) is 4.74 Å². The van der Waals surface area contributed by atoms with Crippen LogP contribution in [-0.4, -0.2) is 61.3 Å². The van der Waals surface area contributed by atoms with Crippen molar-refractivity contribution < 1.29 is 14.6 Å². The lowest BCUT2D eigenvalue weighted by Crippen LogP contribution is -2.49. The van der Waals surface area contributed by atoms with Crippen molar-refractivity contribution in [3.05, 3.63) is 54.1 Å². The van der Waals surface area contributed by atoms with Gasteiger partial charge in [0.2, 0.25) is 5.91 Å². The standard InChI is InChI=1S/C22H29N3O3/c1-17-3-7-20(8-4-17)25-13-11-24(12-14-25)15-21(27)16-28-22-9-5-19(6-10-22)23-18(2)26/h3-10,21,27H,11-16H2,1-2H3,(H,23,26)/t21-/m0/s1. The molecule has 150 valence electrons. The van der Waals surface area contributed by atoms with Gasteiger partial charge in [0.25, 0.3) is 0 Å². The van der Waals surface area contributed by atoms with Gasteiger partial charge in [0, 0.05) is 51.0 Å². The van der Waals surface area contributed by atoms with Gasteiger partial charge in [-0.3, -0.25) is 9.69 Å². The SMILES string of the molecule is CC(=O)Nc1ccc(OC[C@@H](O)CN2CCN(c3ccc(C)cc3)CC2)cc1. The highest BCUT2D eigenvalue weighted by Gasteiger charge is 2.19. The van der Waals surface area contributed by atoms with Gasteiger partial charge in [0.05, 0.1) is 0 Å². The van der Waals surface area contributed by atoms with E-state index in [9.17, 15) is 9.90 Å². The quantitative estimate of drug-likeness (QED) is 0.769. The first-order chi connectivity index (χ1) is 13.5. The Kier molecular flexibility index (Phi) is 6.90. The summed E-state index contributed by atoms with van der Waals surface area (Å²) >= 11 is 0. The van der Waals surface area contributed by atoms with Gasteiger partial charge < -0.3 is 20.1 Å². The summed E-state index contributed by atoms with van der Waals surface area (Å²) in [6, 6.07) is 15.8. The number of anilines is 2. The molecule has 0 spiro atoms. The molecule has 1 saturated heterocycles. The fraction of sp³-hybridized carbons (Fsp3) is 0.409. The second-order valence-corrected chi connectivity index (χ2v) is 7.29. The van der Waals surface area contributed by atoms with Crippen molar-refractivity contribution in [1.82, 2.24) is 4.90 Å². The monoisotopic (exact) mass is 383 g/mol. The van der Waals surface area contributed by atoms with Crippen LogP contribution in [0.3, 0.4) is 0 Å². The van der Waals surface area contributed by atoms with E-state index in [-0.39, 0.29) is 12.5 Å². The molecule has 2 N–H and O–H groups in total. The van der Waals surface area contributed by atoms with Crippen LogP contribution in [0.4, 0.5) is 11.4 Å². The molecule has 0 bridgehead atoms. The van der Waals surface area contributed by atoms with Crippen LogP contribution in [-0.2, 0) is 4.79 Å². The minimum Gasteiger partial charge on any atom is -0.491 e. The van der Waals surface area contributed by atoms with Crippen molar-refractivity contribution in [3.8, 4) is 5.75 Å².